The van der Waals surface area contributed by atoms with E-state index in [1.807, 2.05) is 44.2 Å². The smallest absolute Gasteiger partial charge is 0.228 e. The summed E-state index contributed by atoms with van der Waals surface area (Å²) in [7, 11) is 0. The lowest BCUT2D eigenvalue weighted by molar-refractivity contribution is 0.122. The number of rotatable bonds is 5. The van der Waals surface area contributed by atoms with E-state index in [4.69, 9.17) is 10.00 Å². The molecule has 8 heteroatoms. The molecule has 30 heavy (non-hydrogen) atoms. The number of nitrogens with zero attached hydrogens (tertiary/aromatic N) is 5. The Bertz CT molecular complexity index is 966. The molecule has 0 unspecified atom stereocenters. The standard InChI is InChI=1S/C20H18N6OS.C2H6/c21-13-16-3-6-18(14-23-16)28-19-7-8-22-20(25-19)24-15-1-4-17(5-2-15)26-9-11-27-12-10-26;1-2/h1-8,14H,9-12H2,(H,22,24,25);1-2H3. The fraction of sp³-hybridized carbons (Fsp3) is 0.273. The normalized spacial score (nSPS) is 13.0. The van der Waals surface area contributed by atoms with Crippen molar-refractivity contribution in [1.29, 1.82) is 5.26 Å². The van der Waals surface area contributed by atoms with E-state index in [9.17, 15) is 0 Å². The minimum atomic E-state index is 0.398. The van der Waals surface area contributed by atoms with Gasteiger partial charge < -0.3 is 15.0 Å². The largest absolute Gasteiger partial charge is 0.378 e. The van der Waals surface area contributed by atoms with E-state index in [1.165, 1.54) is 17.4 Å². The third kappa shape index (κ3) is 5.92. The Balaban J connectivity index is 0.00000124. The first-order valence-corrected chi connectivity index (χ1v) is 10.7. The minimum absolute atomic E-state index is 0.398. The summed E-state index contributed by atoms with van der Waals surface area (Å²) in [5.41, 5.74) is 2.52. The molecule has 0 spiro atoms. The van der Waals surface area contributed by atoms with Crippen LogP contribution in [0.3, 0.4) is 0 Å². The van der Waals surface area contributed by atoms with Crippen molar-refractivity contribution in [3.63, 3.8) is 0 Å². The van der Waals surface area contributed by atoms with Gasteiger partial charge >= 0.3 is 0 Å². The summed E-state index contributed by atoms with van der Waals surface area (Å²) in [6.07, 6.45) is 3.39. The second kappa shape index (κ2) is 11.1. The Labute approximate surface area is 181 Å². The van der Waals surface area contributed by atoms with Crippen LogP contribution in [-0.2, 0) is 4.74 Å². The highest BCUT2D eigenvalue weighted by Gasteiger charge is 2.11. The monoisotopic (exact) mass is 420 g/mol. The van der Waals surface area contributed by atoms with Gasteiger partial charge in [0.15, 0.2) is 0 Å². The molecule has 154 valence electrons. The zero-order valence-electron chi connectivity index (χ0n) is 17.1. The molecular formula is C22H24N6OS. The van der Waals surface area contributed by atoms with Crippen molar-refractivity contribution in [3.8, 4) is 6.07 Å². The van der Waals surface area contributed by atoms with Gasteiger partial charge in [0.05, 0.1) is 13.2 Å². The maximum absolute atomic E-state index is 8.83. The molecule has 1 fully saturated rings. The average molecular weight is 421 g/mol. The van der Waals surface area contributed by atoms with Gasteiger partial charge in [0, 0.05) is 41.8 Å². The van der Waals surface area contributed by atoms with E-state index in [0.717, 1.165) is 41.9 Å². The lowest BCUT2D eigenvalue weighted by Crippen LogP contribution is -2.36. The van der Waals surface area contributed by atoms with Crippen LogP contribution in [0, 0.1) is 11.3 Å². The molecule has 2 aromatic heterocycles. The fourth-order valence-corrected chi connectivity index (χ4v) is 3.54. The molecule has 0 saturated carbocycles. The molecule has 1 N–H and O–H groups in total. The van der Waals surface area contributed by atoms with Gasteiger partial charge in [-0.25, -0.2) is 15.0 Å². The number of hydrogen-bond donors (Lipinski definition) is 1. The van der Waals surface area contributed by atoms with E-state index in [1.54, 1.807) is 18.5 Å². The molecule has 0 radical (unpaired) electrons. The van der Waals surface area contributed by atoms with Crippen LogP contribution in [0.2, 0.25) is 0 Å². The van der Waals surface area contributed by atoms with Gasteiger partial charge in [-0.2, -0.15) is 5.26 Å². The maximum atomic E-state index is 8.83. The van der Waals surface area contributed by atoms with E-state index in [0.29, 0.717) is 11.6 Å². The Kier molecular flexibility index (Phi) is 8.01. The predicted molar refractivity (Wildman–Crippen MR) is 119 cm³/mol. The number of morpholine rings is 1. The zero-order valence-corrected chi connectivity index (χ0v) is 17.9. The second-order valence-electron chi connectivity index (χ2n) is 6.08. The molecular weight excluding hydrogens is 396 g/mol. The third-order valence-electron chi connectivity index (χ3n) is 4.20. The van der Waals surface area contributed by atoms with Crippen LogP contribution in [0.15, 0.2) is 64.8 Å². The van der Waals surface area contributed by atoms with Crippen molar-refractivity contribution in [2.45, 2.75) is 23.8 Å². The van der Waals surface area contributed by atoms with Crippen molar-refractivity contribution in [2.24, 2.45) is 0 Å². The molecule has 0 amide bonds. The first-order valence-electron chi connectivity index (χ1n) is 9.87. The Hall–Kier alpha value is -3.15. The maximum Gasteiger partial charge on any atom is 0.228 e. The molecule has 1 aromatic carbocycles. The number of aromatic nitrogens is 3. The van der Waals surface area contributed by atoms with E-state index in [2.05, 4.69) is 37.3 Å². The van der Waals surface area contributed by atoms with Crippen molar-refractivity contribution >= 4 is 29.1 Å². The number of ether oxygens (including phenoxy) is 1. The highest BCUT2D eigenvalue weighted by molar-refractivity contribution is 7.99. The topological polar surface area (TPSA) is 87.0 Å². The van der Waals surface area contributed by atoms with Crippen molar-refractivity contribution in [3.05, 3.63) is 60.6 Å². The molecule has 1 aliphatic rings. The molecule has 3 heterocycles. The summed E-state index contributed by atoms with van der Waals surface area (Å²) in [5, 5.41) is 12.9. The summed E-state index contributed by atoms with van der Waals surface area (Å²) in [5.74, 6) is 0.533. The summed E-state index contributed by atoms with van der Waals surface area (Å²) in [4.78, 5) is 16.1. The average Bonchev–Trinajstić information content (AvgIpc) is 2.82. The van der Waals surface area contributed by atoms with Crippen molar-refractivity contribution in [2.75, 3.05) is 36.5 Å². The van der Waals surface area contributed by atoms with E-state index < -0.39 is 0 Å². The van der Waals surface area contributed by atoms with Gasteiger partial charge in [-0.3, -0.25) is 0 Å². The van der Waals surface area contributed by atoms with Crippen LogP contribution in [0.5, 0.6) is 0 Å². The molecule has 7 nitrogen and oxygen atoms in total. The van der Waals surface area contributed by atoms with Gasteiger partial charge in [0.2, 0.25) is 5.95 Å². The highest BCUT2D eigenvalue weighted by Crippen LogP contribution is 2.26. The van der Waals surface area contributed by atoms with E-state index >= 15 is 0 Å². The predicted octanol–water partition coefficient (Wildman–Crippen LogP) is 4.50. The van der Waals surface area contributed by atoms with Gasteiger partial charge in [0.1, 0.15) is 16.8 Å². The van der Waals surface area contributed by atoms with Crippen LogP contribution in [-0.4, -0.2) is 41.3 Å². The first kappa shape index (κ1) is 21.6. The van der Waals surface area contributed by atoms with E-state index in [-0.39, 0.29) is 0 Å². The molecule has 1 aliphatic heterocycles. The number of benzene rings is 1. The number of pyridine rings is 1. The SMILES string of the molecule is CC.N#Cc1ccc(Sc2ccnc(Nc3ccc(N4CCOCC4)cc3)n2)cn1. The number of nitriles is 1. The fourth-order valence-electron chi connectivity index (χ4n) is 2.79. The van der Waals surface area contributed by atoms with Crippen LogP contribution in [0.1, 0.15) is 19.5 Å². The quantitative estimate of drug-likeness (QED) is 0.604. The van der Waals surface area contributed by atoms with Crippen molar-refractivity contribution in [1.82, 2.24) is 15.0 Å². The number of nitrogens with one attached hydrogen (secondary N) is 1. The summed E-state index contributed by atoms with van der Waals surface area (Å²) >= 11 is 1.47. The Morgan fingerprint density at radius 2 is 1.80 bits per heavy atom. The Morgan fingerprint density at radius 3 is 2.47 bits per heavy atom. The number of hydrogen-bond acceptors (Lipinski definition) is 8. The van der Waals surface area contributed by atoms with Crippen LogP contribution in [0.4, 0.5) is 17.3 Å². The minimum Gasteiger partial charge on any atom is -0.378 e. The lowest BCUT2D eigenvalue weighted by atomic mass is 10.2. The zero-order chi connectivity index (χ0) is 21.2. The van der Waals surface area contributed by atoms with Crippen LogP contribution >= 0.6 is 11.8 Å². The van der Waals surface area contributed by atoms with Crippen LogP contribution < -0.4 is 10.2 Å². The Morgan fingerprint density at radius 1 is 1.03 bits per heavy atom. The molecule has 3 aromatic rings. The summed E-state index contributed by atoms with van der Waals surface area (Å²) in [6.45, 7) is 7.37. The second-order valence-corrected chi connectivity index (χ2v) is 7.18. The van der Waals surface area contributed by atoms with Crippen molar-refractivity contribution < 1.29 is 4.74 Å². The molecule has 4 rings (SSSR count). The van der Waals surface area contributed by atoms with Gasteiger partial charge in [0.25, 0.3) is 0 Å². The summed E-state index contributed by atoms with van der Waals surface area (Å²) in [6, 6.07) is 15.6. The molecule has 1 saturated heterocycles. The summed E-state index contributed by atoms with van der Waals surface area (Å²) < 4.78 is 5.40. The van der Waals surface area contributed by atoms with Gasteiger partial charge in [-0.05, 0) is 42.5 Å². The third-order valence-corrected chi connectivity index (χ3v) is 5.12. The molecule has 0 aliphatic carbocycles. The number of anilines is 3. The first-order chi connectivity index (χ1) is 14.8. The van der Waals surface area contributed by atoms with Gasteiger partial charge in [-0.1, -0.05) is 25.6 Å². The molecule has 0 atom stereocenters. The lowest BCUT2D eigenvalue weighted by Gasteiger charge is -2.28. The van der Waals surface area contributed by atoms with Crippen LogP contribution in [0.25, 0.3) is 0 Å². The molecule has 0 bridgehead atoms. The van der Waals surface area contributed by atoms with Gasteiger partial charge in [-0.15, -0.1) is 0 Å². The highest BCUT2D eigenvalue weighted by atomic mass is 32.2.